The van der Waals surface area contributed by atoms with Gasteiger partial charge in [0, 0.05) is 18.1 Å². The van der Waals surface area contributed by atoms with E-state index >= 15 is 0 Å². The number of rotatable bonds is 2. The number of aromatic nitrogens is 1. The Hall–Kier alpha value is -2.24. The molecule has 0 radical (unpaired) electrons. The van der Waals surface area contributed by atoms with Crippen LogP contribution >= 0.6 is 0 Å². The summed E-state index contributed by atoms with van der Waals surface area (Å²) in [6, 6.07) is 6.86. The molecule has 6 heteroatoms. The van der Waals surface area contributed by atoms with E-state index in [0.717, 1.165) is 19.2 Å². The zero-order valence-electron chi connectivity index (χ0n) is 9.94. The van der Waals surface area contributed by atoms with E-state index in [9.17, 15) is 18.0 Å². The Morgan fingerprint density at radius 1 is 1.21 bits per heavy atom. The number of esters is 1. The van der Waals surface area contributed by atoms with E-state index in [1.54, 1.807) is 24.5 Å². The minimum Gasteiger partial charge on any atom is -0.465 e. The summed E-state index contributed by atoms with van der Waals surface area (Å²) in [6.45, 7) is 0. The van der Waals surface area contributed by atoms with Crippen molar-refractivity contribution in [1.82, 2.24) is 4.57 Å². The number of ether oxygens (including phenoxy) is 1. The zero-order valence-corrected chi connectivity index (χ0v) is 9.94. The maximum Gasteiger partial charge on any atom is 0.417 e. The lowest BCUT2D eigenvalue weighted by Crippen LogP contribution is -2.14. The third kappa shape index (κ3) is 2.62. The molecular weight excluding hydrogens is 259 g/mol. The molecule has 0 aliphatic rings. The van der Waals surface area contributed by atoms with Crippen LogP contribution in [0.3, 0.4) is 0 Å². The second kappa shape index (κ2) is 4.79. The van der Waals surface area contributed by atoms with Crippen molar-refractivity contribution in [2.24, 2.45) is 0 Å². The Labute approximate surface area is 107 Å². The van der Waals surface area contributed by atoms with E-state index in [1.165, 1.54) is 10.6 Å². The van der Waals surface area contributed by atoms with E-state index in [2.05, 4.69) is 4.74 Å². The van der Waals surface area contributed by atoms with Gasteiger partial charge in [-0.25, -0.2) is 4.79 Å². The second-order valence-corrected chi connectivity index (χ2v) is 3.81. The summed E-state index contributed by atoms with van der Waals surface area (Å²) in [5.41, 5.74) is -1.18. The van der Waals surface area contributed by atoms with E-state index < -0.39 is 23.3 Å². The molecule has 0 unspecified atom stereocenters. The van der Waals surface area contributed by atoms with Crippen molar-refractivity contribution in [3.63, 3.8) is 0 Å². The third-order valence-electron chi connectivity index (χ3n) is 2.62. The molecule has 2 rings (SSSR count). The molecule has 0 aliphatic heterocycles. The minimum atomic E-state index is -4.62. The van der Waals surface area contributed by atoms with Gasteiger partial charge in [0.1, 0.15) is 0 Å². The summed E-state index contributed by atoms with van der Waals surface area (Å²) in [5.74, 6) is -1.01. The first-order valence-corrected chi connectivity index (χ1v) is 5.36. The Kier molecular flexibility index (Phi) is 3.33. The van der Waals surface area contributed by atoms with Crippen molar-refractivity contribution in [1.29, 1.82) is 0 Å². The normalized spacial score (nSPS) is 11.4. The average molecular weight is 269 g/mol. The standard InChI is InChI=1S/C13H10F3NO2/c1-19-12(18)10-5-4-9(17-6-2-3-7-17)8-11(10)13(14,15)16/h2-8H,1H3. The molecule has 0 saturated carbocycles. The fourth-order valence-corrected chi connectivity index (χ4v) is 1.72. The first kappa shape index (κ1) is 13.2. The maximum atomic E-state index is 12.9. The van der Waals surface area contributed by atoms with Gasteiger partial charge in [-0.1, -0.05) is 0 Å². The van der Waals surface area contributed by atoms with Gasteiger partial charge in [0.15, 0.2) is 0 Å². The van der Waals surface area contributed by atoms with Gasteiger partial charge in [-0.15, -0.1) is 0 Å². The van der Waals surface area contributed by atoms with Crippen LogP contribution in [0.4, 0.5) is 13.2 Å². The number of carbonyl (C=O) groups is 1. The molecule has 0 bridgehead atoms. The molecule has 0 spiro atoms. The van der Waals surface area contributed by atoms with Gasteiger partial charge in [0.2, 0.25) is 0 Å². The number of hydrogen-bond donors (Lipinski definition) is 0. The van der Waals surface area contributed by atoms with Crippen LogP contribution in [-0.2, 0) is 10.9 Å². The topological polar surface area (TPSA) is 31.2 Å². The van der Waals surface area contributed by atoms with Gasteiger partial charge < -0.3 is 9.30 Å². The van der Waals surface area contributed by atoms with E-state index in [1.807, 2.05) is 0 Å². The molecule has 100 valence electrons. The molecule has 0 aliphatic carbocycles. The number of benzene rings is 1. The summed E-state index contributed by atoms with van der Waals surface area (Å²) in [5, 5.41) is 0. The SMILES string of the molecule is COC(=O)c1ccc(-n2cccc2)cc1C(F)(F)F. The van der Waals surface area contributed by atoms with Crippen LogP contribution in [0.25, 0.3) is 5.69 Å². The number of hydrogen-bond acceptors (Lipinski definition) is 2. The molecule has 19 heavy (non-hydrogen) atoms. The lowest BCUT2D eigenvalue weighted by atomic mass is 10.1. The van der Waals surface area contributed by atoms with E-state index in [-0.39, 0.29) is 0 Å². The third-order valence-corrected chi connectivity index (χ3v) is 2.62. The Morgan fingerprint density at radius 2 is 1.84 bits per heavy atom. The van der Waals surface area contributed by atoms with Gasteiger partial charge in [-0.3, -0.25) is 0 Å². The first-order valence-electron chi connectivity index (χ1n) is 5.36. The van der Waals surface area contributed by atoms with Gasteiger partial charge in [-0.05, 0) is 30.3 Å². The van der Waals surface area contributed by atoms with Gasteiger partial charge in [-0.2, -0.15) is 13.2 Å². The molecular formula is C13H10F3NO2. The summed E-state index contributed by atoms with van der Waals surface area (Å²) in [7, 11) is 1.04. The van der Waals surface area contributed by atoms with Crippen LogP contribution in [0.1, 0.15) is 15.9 Å². The monoisotopic (exact) mass is 269 g/mol. The second-order valence-electron chi connectivity index (χ2n) is 3.81. The van der Waals surface area contributed by atoms with Crippen LogP contribution in [0, 0.1) is 0 Å². The fourth-order valence-electron chi connectivity index (χ4n) is 1.72. The molecule has 0 atom stereocenters. The number of methoxy groups -OCH3 is 1. The lowest BCUT2D eigenvalue weighted by molar-refractivity contribution is -0.138. The predicted octanol–water partition coefficient (Wildman–Crippen LogP) is 3.28. The van der Waals surface area contributed by atoms with E-state index in [0.29, 0.717) is 5.69 Å². The number of alkyl halides is 3. The van der Waals surface area contributed by atoms with Crippen LogP contribution in [0.15, 0.2) is 42.7 Å². The molecule has 0 fully saturated rings. The van der Waals surface area contributed by atoms with Crippen molar-refractivity contribution in [3.05, 3.63) is 53.9 Å². The molecule has 3 nitrogen and oxygen atoms in total. The van der Waals surface area contributed by atoms with Gasteiger partial charge in [0.05, 0.1) is 18.2 Å². The summed E-state index contributed by atoms with van der Waals surface area (Å²) < 4.78 is 44.7. The largest absolute Gasteiger partial charge is 0.465 e. The summed E-state index contributed by atoms with van der Waals surface area (Å²) >= 11 is 0. The number of nitrogens with zero attached hydrogens (tertiary/aromatic N) is 1. The maximum absolute atomic E-state index is 12.9. The van der Waals surface area contributed by atoms with Crippen LogP contribution in [0.5, 0.6) is 0 Å². The fraction of sp³-hybridized carbons (Fsp3) is 0.154. The van der Waals surface area contributed by atoms with Crippen molar-refractivity contribution >= 4 is 5.97 Å². The average Bonchev–Trinajstić information content (AvgIpc) is 2.90. The lowest BCUT2D eigenvalue weighted by Gasteiger charge is -2.13. The zero-order chi connectivity index (χ0) is 14.0. The van der Waals surface area contributed by atoms with Crippen LogP contribution in [0.2, 0.25) is 0 Å². The van der Waals surface area contributed by atoms with Gasteiger partial charge in [0.25, 0.3) is 0 Å². The summed E-state index contributed by atoms with van der Waals surface area (Å²) in [6.07, 6.45) is -1.38. The van der Waals surface area contributed by atoms with Crippen molar-refractivity contribution in [2.45, 2.75) is 6.18 Å². The van der Waals surface area contributed by atoms with Crippen molar-refractivity contribution < 1.29 is 22.7 Å². The van der Waals surface area contributed by atoms with Crippen LogP contribution in [-0.4, -0.2) is 17.6 Å². The highest BCUT2D eigenvalue weighted by atomic mass is 19.4. The molecule has 1 aromatic heterocycles. The number of carbonyl (C=O) groups excluding carboxylic acids is 1. The quantitative estimate of drug-likeness (QED) is 0.783. The van der Waals surface area contributed by atoms with Crippen molar-refractivity contribution in [3.8, 4) is 5.69 Å². The molecule has 1 aromatic carbocycles. The van der Waals surface area contributed by atoms with E-state index in [4.69, 9.17) is 0 Å². The molecule has 0 N–H and O–H groups in total. The number of halogens is 3. The molecule has 1 heterocycles. The van der Waals surface area contributed by atoms with Crippen molar-refractivity contribution in [2.75, 3.05) is 7.11 Å². The highest BCUT2D eigenvalue weighted by molar-refractivity contribution is 5.91. The van der Waals surface area contributed by atoms with Gasteiger partial charge >= 0.3 is 12.1 Å². The molecule has 2 aromatic rings. The Bertz CT molecular complexity index is 588. The Morgan fingerprint density at radius 3 is 2.37 bits per heavy atom. The minimum absolute atomic E-state index is 0.324. The highest BCUT2D eigenvalue weighted by Gasteiger charge is 2.36. The molecule has 0 saturated heterocycles. The summed E-state index contributed by atoms with van der Waals surface area (Å²) in [4.78, 5) is 11.3. The molecule has 0 amide bonds. The van der Waals surface area contributed by atoms with Crippen LogP contribution < -0.4 is 0 Å². The smallest absolute Gasteiger partial charge is 0.417 e. The predicted molar refractivity (Wildman–Crippen MR) is 62.1 cm³/mol. The highest BCUT2D eigenvalue weighted by Crippen LogP contribution is 2.33. The Balaban J connectivity index is 2.57. The first-order chi connectivity index (χ1) is 8.93.